The minimum absolute atomic E-state index is 0.117. The summed E-state index contributed by atoms with van der Waals surface area (Å²) in [6.45, 7) is 2.04. The number of rotatable bonds is 6. The molecule has 0 radical (unpaired) electrons. The molecule has 2 rings (SSSR count). The molecule has 0 aliphatic rings. The van der Waals surface area contributed by atoms with E-state index < -0.39 is 6.04 Å². The van der Waals surface area contributed by atoms with Crippen molar-refractivity contribution in [1.29, 1.82) is 0 Å². The number of hydrogen-bond donors (Lipinski definition) is 3. The second kappa shape index (κ2) is 6.48. The van der Waals surface area contributed by atoms with Crippen molar-refractivity contribution < 1.29 is 9.50 Å². The van der Waals surface area contributed by atoms with Gasteiger partial charge in [-0.1, -0.05) is 0 Å². The van der Waals surface area contributed by atoms with Gasteiger partial charge in [0.1, 0.15) is 0 Å². The average molecular weight is 271 g/mol. The zero-order chi connectivity index (χ0) is 14.5. The van der Waals surface area contributed by atoms with Crippen LogP contribution in [0.2, 0.25) is 0 Å². The van der Waals surface area contributed by atoms with Crippen molar-refractivity contribution in [1.82, 2.24) is 15.6 Å². The second-order valence-electron chi connectivity index (χ2n) is 4.81. The summed E-state index contributed by atoms with van der Waals surface area (Å²) in [5.74, 6) is -0.117. The summed E-state index contributed by atoms with van der Waals surface area (Å²) in [4.78, 5) is 15.1. The van der Waals surface area contributed by atoms with Crippen molar-refractivity contribution in [3.8, 4) is 0 Å². The fourth-order valence-corrected chi connectivity index (χ4v) is 2.30. The van der Waals surface area contributed by atoms with Crippen LogP contribution in [0.4, 0.5) is 0 Å². The van der Waals surface area contributed by atoms with Gasteiger partial charge in [-0.3, -0.25) is 0 Å². The Bertz CT molecular complexity index is 624. The van der Waals surface area contributed by atoms with Crippen molar-refractivity contribution in [2.75, 3.05) is 13.5 Å². The molecule has 0 fully saturated rings. The molecule has 5 nitrogen and oxygen atoms in total. The Labute approximate surface area is 118 Å². The summed E-state index contributed by atoms with van der Waals surface area (Å²) >= 11 is 0. The summed E-state index contributed by atoms with van der Waals surface area (Å²) in [6.07, 6.45) is 2.62. The van der Waals surface area contributed by atoms with Gasteiger partial charge < -0.3 is 0 Å². The normalized spacial score (nSPS) is 12.1. The van der Waals surface area contributed by atoms with Crippen LogP contribution in [0, 0.1) is 6.92 Å². The van der Waals surface area contributed by atoms with Crippen LogP contribution in [0.3, 0.4) is 0 Å². The summed E-state index contributed by atoms with van der Waals surface area (Å²) in [6, 6.07) is 5.76. The fourth-order valence-electron chi connectivity index (χ4n) is 2.30. The van der Waals surface area contributed by atoms with E-state index in [1.54, 1.807) is 7.05 Å². The number of aryl methyl sites for hydroxylation is 1. The van der Waals surface area contributed by atoms with E-state index in [4.69, 9.17) is 0 Å². The van der Waals surface area contributed by atoms with Crippen molar-refractivity contribution in [3.63, 3.8) is 0 Å². The van der Waals surface area contributed by atoms with Gasteiger partial charge in [0.05, 0.1) is 0 Å². The third-order valence-electron chi connectivity index (χ3n) is 3.36. The number of aromatic nitrogens is 1. The zero-order valence-electron chi connectivity index (χ0n) is 11.7. The molecule has 20 heavy (non-hydrogen) atoms. The van der Waals surface area contributed by atoms with Gasteiger partial charge >= 0.3 is 117 Å². The van der Waals surface area contributed by atoms with Crippen LogP contribution in [-0.2, 0) is 15.9 Å². The molecule has 0 saturated carbocycles. The second-order valence-corrected chi connectivity index (χ2v) is 4.81. The predicted molar refractivity (Wildman–Crippen MR) is 79.0 cm³/mol. The summed E-state index contributed by atoms with van der Waals surface area (Å²) in [5, 5.41) is 6.68. The first-order chi connectivity index (χ1) is 9.65. The molecular formula is C14H18BN3O2. The molecular weight excluding hydrogens is 253 g/mol. The molecule has 1 heterocycles. The molecule has 6 heteroatoms. The van der Waals surface area contributed by atoms with Crippen LogP contribution in [0.15, 0.2) is 24.4 Å². The number of H-pyrrole nitrogens is 1. The molecule has 1 unspecified atom stereocenters. The first-order valence-electron chi connectivity index (χ1n) is 6.61. The number of carbonyl (C=O) groups excluding carboxylic acids is 1. The average Bonchev–Trinajstić information content (AvgIpc) is 2.84. The van der Waals surface area contributed by atoms with Crippen LogP contribution >= 0.6 is 0 Å². The molecule has 1 aromatic heterocycles. The van der Waals surface area contributed by atoms with Gasteiger partial charge in [0, 0.05) is 0 Å². The SMILES string of the molecule is CNC(=O)C(Cc1c[nH]c2ccc(C)cc12)NCB=O. The van der Waals surface area contributed by atoms with Gasteiger partial charge in [0.25, 0.3) is 0 Å². The molecule has 1 aromatic carbocycles. The topological polar surface area (TPSA) is 74.0 Å². The van der Waals surface area contributed by atoms with E-state index in [9.17, 15) is 9.50 Å². The Morgan fingerprint density at radius 2 is 2.25 bits per heavy atom. The summed E-state index contributed by atoms with van der Waals surface area (Å²) in [5.41, 5.74) is 3.29. The van der Waals surface area contributed by atoms with Gasteiger partial charge in [0.2, 0.25) is 0 Å². The molecule has 0 bridgehead atoms. The predicted octanol–water partition coefficient (Wildman–Crippen LogP) is 0.730. The van der Waals surface area contributed by atoms with Gasteiger partial charge in [-0.2, -0.15) is 0 Å². The number of nitrogens with one attached hydrogen (secondary N) is 3. The van der Waals surface area contributed by atoms with Crippen LogP contribution in [-0.4, -0.2) is 37.6 Å². The Hall–Kier alpha value is -1.95. The molecule has 104 valence electrons. The Kier molecular flexibility index (Phi) is 4.68. The molecule has 0 saturated heterocycles. The van der Waals surface area contributed by atoms with Crippen LogP contribution < -0.4 is 10.6 Å². The van der Waals surface area contributed by atoms with E-state index in [0.717, 1.165) is 23.6 Å². The van der Waals surface area contributed by atoms with Crippen molar-refractivity contribution in [2.45, 2.75) is 19.4 Å². The van der Waals surface area contributed by atoms with Gasteiger partial charge in [-0.15, -0.1) is 0 Å². The van der Waals surface area contributed by atoms with E-state index in [0.29, 0.717) is 6.42 Å². The van der Waals surface area contributed by atoms with E-state index in [-0.39, 0.29) is 12.4 Å². The molecule has 0 aliphatic heterocycles. The van der Waals surface area contributed by atoms with E-state index in [1.165, 1.54) is 5.56 Å². The maximum absolute atomic E-state index is 11.8. The van der Waals surface area contributed by atoms with Crippen LogP contribution in [0.25, 0.3) is 10.9 Å². The van der Waals surface area contributed by atoms with Crippen LogP contribution in [0.1, 0.15) is 11.1 Å². The number of aromatic amines is 1. The number of fused-ring (bicyclic) bond motifs is 1. The first kappa shape index (κ1) is 14.5. The molecule has 3 N–H and O–H groups in total. The third-order valence-corrected chi connectivity index (χ3v) is 3.36. The minimum atomic E-state index is -0.412. The van der Waals surface area contributed by atoms with Gasteiger partial charge in [-0.05, 0) is 0 Å². The zero-order valence-corrected chi connectivity index (χ0v) is 11.7. The number of benzene rings is 1. The standard InChI is InChI=1S/C14H18BN3O2/c1-9-3-4-12-11(5-9)10(7-17-12)6-13(14(19)16-2)18-8-15-20/h3-5,7,13,17-18H,6,8H2,1-2H3,(H,16,19). The third kappa shape index (κ3) is 3.14. The number of hydrogen-bond acceptors (Lipinski definition) is 3. The molecule has 1 atom stereocenters. The fraction of sp³-hybridized carbons (Fsp3) is 0.357. The summed E-state index contributed by atoms with van der Waals surface area (Å²) < 4.78 is 10.5. The molecule has 2 aromatic rings. The Morgan fingerprint density at radius 3 is 2.95 bits per heavy atom. The number of amides is 1. The van der Waals surface area contributed by atoms with Crippen LogP contribution in [0.5, 0.6) is 0 Å². The summed E-state index contributed by atoms with van der Waals surface area (Å²) in [7, 11) is 2.35. The molecule has 0 spiro atoms. The van der Waals surface area contributed by atoms with E-state index in [2.05, 4.69) is 21.7 Å². The van der Waals surface area contributed by atoms with Crippen molar-refractivity contribution >= 4 is 24.0 Å². The van der Waals surface area contributed by atoms with Gasteiger partial charge in [-0.25, -0.2) is 0 Å². The van der Waals surface area contributed by atoms with Crippen molar-refractivity contribution in [3.05, 3.63) is 35.5 Å². The van der Waals surface area contributed by atoms with E-state index >= 15 is 0 Å². The molecule has 1 amide bonds. The van der Waals surface area contributed by atoms with Gasteiger partial charge in [0.15, 0.2) is 0 Å². The van der Waals surface area contributed by atoms with E-state index in [1.807, 2.05) is 25.3 Å². The quantitative estimate of drug-likeness (QED) is 0.678. The first-order valence-corrected chi connectivity index (χ1v) is 6.61. The number of likely N-dealkylation sites (N-methyl/N-ethyl adjacent to an activating group) is 1. The molecule has 0 aliphatic carbocycles. The van der Waals surface area contributed by atoms with Crippen molar-refractivity contribution in [2.24, 2.45) is 0 Å². The number of carbonyl (C=O) groups is 1. The maximum atomic E-state index is 11.8. The monoisotopic (exact) mass is 271 g/mol. The Balaban J connectivity index is 2.25. The Morgan fingerprint density at radius 1 is 1.45 bits per heavy atom.